The normalized spacial score (nSPS) is 15.6. The summed E-state index contributed by atoms with van der Waals surface area (Å²) in [7, 11) is 0. The largest absolute Gasteiger partial charge is 0.478 e. The number of thiazole rings is 1. The number of rotatable bonds is 2. The van der Waals surface area contributed by atoms with Crippen molar-refractivity contribution >= 4 is 29.5 Å². The lowest BCUT2D eigenvalue weighted by Crippen LogP contribution is -2.35. The van der Waals surface area contributed by atoms with Crippen molar-refractivity contribution in [2.75, 3.05) is 0 Å². The Kier molecular flexibility index (Phi) is 5.65. The summed E-state index contributed by atoms with van der Waals surface area (Å²) in [5, 5.41) is 14.6. The Morgan fingerprint density at radius 3 is 2.53 bits per heavy atom. The summed E-state index contributed by atoms with van der Waals surface area (Å²) in [6, 6.07) is 16.3. The maximum absolute atomic E-state index is 10.2. The Hall–Kier alpha value is -3.57. The van der Waals surface area contributed by atoms with E-state index >= 15 is 0 Å². The number of pyridine rings is 1. The molecule has 2 aromatic heterocycles. The van der Waals surface area contributed by atoms with Crippen LogP contribution in [-0.2, 0) is 6.42 Å². The molecule has 0 bridgehead atoms. The van der Waals surface area contributed by atoms with Gasteiger partial charge in [0.1, 0.15) is 0 Å². The number of aromatic carboxylic acids is 1. The van der Waals surface area contributed by atoms with Crippen molar-refractivity contribution in [1.29, 1.82) is 0 Å². The summed E-state index contributed by atoms with van der Waals surface area (Å²) in [5.41, 5.74) is 5.96. The van der Waals surface area contributed by atoms with Gasteiger partial charge in [0.05, 0.1) is 10.6 Å². The van der Waals surface area contributed by atoms with E-state index < -0.39 is 5.97 Å². The monoisotopic (exact) mass is 438 g/mol. The number of hydrogen-bond donors (Lipinski definition) is 1. The summed E-state index contributed by atoms with van der Waals surface area (Å²) in [4.78, 5) is 18.4. The van der Waals surface area contributed by atoms with Gasteiger partial charge in [0, 0.05) is 29.9 Å². The highest BCUT2D eigenvalue weighted by Crippen LogP contribution is 2.32. The minimum Gasteiger partial charge on any atom is -0.478 e. The maximum Gasteiger partial charge on any atom is 0.335 e. The van der Waals surface area contributed by atoms with Crippen LogP contribution in [-0.4, -0.2) is 21.0 Å². The van der Waals surface area contributed by atoms with E-state index in [2.05, 4.69) is 63.9 Å². The summed E-state index contributed by atoms with van der Waals surface area (Å²) in [6.45, 7) is 0. The smallest absolute Gasteiger partial charge is 0.335 e. The first-order chi connectivity index (χ1) is 15.7. The minimum absolute atomic E-state index is 0.269. The molecule has 0 amide bonds. The summed E-state index contributed by atoms with van der Waals surface area (Å²) in [6.07, 6.45) is 13.0. The molecular weight excluding hydrogens is 416 g/mol. The van der Waals surface area contributed by atoms with Crippen molar-refractivity contribution in [3.05, 3.63) is 105 Å². The van der Waals surface area contributed by atoms with E-state index in [0.717, 1.165) is 12.8 Å². The first-order valence-electron chi connectivity index (χ1n) is 10.7. The van der Waals surface area contributed by atoms with Crippen LogP contribution in [0.2, 0.25) is 0 Å². The molecule has 1 N–H and O–H groups in total. The van der Waals surface area contributed by atoms with E-state index in [1.165, 1.54) is 68.6 Å². The SMILES string of the molecule is C1=c2c(ccc3c2=CCCC3c2nccs2)-c2ccccc2C1.O=C(O)c1ccncc1. The molecule has 158 valence electrons. The predicted molar refractivity (Wildman–Crippen MR) is 128 cm³/mol. The molecule has 0 saturated heterocycles. The molecule has 4 nitrogen and oxygen atoms in total. The van der Waals surface area contributed by atoms with Crippen LogP contribution >= 0.6 is 11.3 Å². The molecule has 0 fully saturated rings. The topological polar surface area (TPSA) is 63.1 Å². The minimum atomic E-state index is -0.919. The third kappa shape index (κ3) is 3.87. The number of carboxylic acid groups (broad SMARTS) is 1. The number of fused-ring (bicyclic) bond motifs is 5. The molecule has 0 aliphatic heterocycles. The van der Waals surface area contributed by atoms with Crippen molar-refractivity contribution in [3.8, 4) is 11.1 Å². The highest BCUT2D eigenvalue weighted by molar-refractivity contribution is 7.09. The van der Waals surface area contributed by atoms with Crippen LogP contribution in [0.4, 0.5) is 0 Å². The first kappa shape index (κ1) is 20.3. The lowest BCUT2D eigenvalue weighted by Gasteiger charge is -2.22. The molecule has 2 aliphatic carbocycles. The van der Waals surface area contributed by atoms with Gasteiger partial charge in [-0.15, -0.1) is 11.3 Å². The van der Waals surface area contributed by atoms with Crippen LogP contribution in [0.25, 0.3) is 23.3 Å². The number of hydrogen-bond acceptors (Lipinski definition) is 4. The second-order valence-electron chi connectivity index (χ2n) is 7.84. The third-order valence-electron chi connectivity index (χ3n) is 6.01. The van der Waals surface area contributed by atoms with Crippen molar-refractivity contribution in [3.63, 3.8) is 0 Å². The van der Waals surface area contributed by atoms with Crippen LogP contribution in [0.15, 0.2) is 72.5 Å². The molecule has 5 heteroatoms. The van der Waals surface area contributed by atoms with Gasteiger partial charge in [-0.2, -0.15) is 0 Å². The predicted octanol–water partition coefficient (Wildman–Crippen LogP) is 4.63. The van der Waals surface area contributed by atoms with Gasteiger partial charge < -0.3 is 5.11 Å². The van der Waals surface area contributed by atoms with Crippen LogP contribution in [0.5, 0.6) is 0 Å². The molecule has 2 aromatic carbocycles. The Morgan fingerprint density at radius 2 is 1.78 bits per heavy atom. The third-order valence-corrected chi connectivity index (χ3v) is 6.90. The summed E-state index contributed by atoms with van der Waals surface area (Å²) in [5.74, 6) is -0.455. The van der Waals surface area contributed by atoms with Gasteiger partial charge in [-0.3, -0.25) is 4.98 Å². The molecule has 1 unspecified atom stereocenters. The van der Waals surface area contributed by atoms with Crippen LogP contribution in [0.1, 0.15) is 45.3 Å². The fourth-order valence-electron chi connectivity index (χ4n) is 4.52. The van der Waals surface area contributed by atoms with E-state index in [4.69, 9.17) is 5.11 Å². The van der Waals surface area contributed by atoms with Crippen molar-refractivity contribution in [2.45, 2.75) is 25.2 Å². The van der Waals surface area contributed by atoms with Gasteiger partial charge in [-0.05, 0) is 64.1 Å². The summed E-state index contributed by atoms with van der Waals surface area (Å²) < 4.78 is 0. The molecule has 32 heavy (non-hydrogen) atoms. The van der Waals surface area contributed by atoms with Crippen molar-refractivity contribution in [1.82, 2.24) is 9.97 Å². The van der Waals surface area contributed by atoms with Gasteiger partial charge in [0.2, 0.25) is 0 Å². The van der Waals surface area contributed by atoms with Gasteiger partial charge >= 0.3 is 5.97 Å². The lowest BCUT2D eigenvalue weighted by molar-refractivity contribution is 0.0696. The standard InChI is InChI=1S/C21H17NS.C6H5NO2/c1-2-5-15-14(4-1)8-9-18-16-6-3-7-20(21-22-12-13-23-21)19(16)11-10-17(15)18;8-6(9)5-1-3-7-4-2-5/h1-2,4-6,9-13,20H,3,7-8H2;1-4H,(H,8,9). The van der Waals surface area contributed by atoms with Gasteiger partial charge in [-0.1, -0.05) is 48.6 Å². The number of nitrogens with zero attached hydrogens (tertiary/aromatic N) is 2. The number of carbonyl (C=O) groups is 1. The second kappa shape index (κ2) is 8.89. The van der Waals surface area contributed by atoms with Crippen molar-refractivity contribution in [2.24, 2.45) is 0 Å². The molecule has 6 rings (SSSR count). The lowest BCUT2D eigenvalue weighted by atomic mass is 9.83. The second-order valence-corrected chi connectivity index (χ2v) is 8.77. The van der Waals surface area contributed by atoms with E-state index in [1.807, 2.05) is 6.20 Å². The Morgan fingerprint density at radius 1 is 0.938 bits per heavy atom. The first-order valence-corrected chi connectivity index (χ1v) is 11.5. The molecule has 0 saturated carbocycles. The van der Waals surface area contributed by atoms with Crippen LogP contribution < -0.4 is 10.4 Å². The highest BCUT2D eigenvalue weighted by Gasteiger charge is 2.22. The summed E-state index contributed by atoms with van der Waals surface area (Å²) >= 11 is 1.78. The van der Waals surface area contributed by atoms with Crippen molar-refractivity contribution < 1.29 is 9.90 Å². The van der Waals surface area contributed by atoms with Gasteiger partial charge in [-0.25, -0.2) is 9.78 Å². The van der Waals surface area contributed by atoms with Gasteiger partial charge in [0.25, 0.3) is 0 Å². The van der Waals surface area contributed by atoms with E-state index in [0.29, 0.717) is 5.92 Å². The molecule has 2 aliphatic rings. The quantitative estimate of drug-likeness (QED) is 0.496. The average Bonchev–Trinajstić information content (AvgIpc) is 3.39. The molecule has 1 atom stereocenters. The van der Waals surface area contributed by atoms with Crippen LogP contribution in [0, 0.1) is 0 Å². The zero-order valence-electron chi connectivity index (χ0n) is 17.4. The average molecular weight is 439 g/mol. The fourth-order valence-corrected chi connectivity index (χ4v) is 5.31. The number of benzene rings is 2. The van der Waals surface area contributed by atoms with E-state index in [1.54, 1.807) is 11.3 Å². The maximum atomic E-state index is 10.2. The fraction of sp³-hybridized carbons (Fsp3) is 0.148. The molecule has 0 spiro atoms. The van der Waals surface area contributed by atoms with Gasteiger partial charge in [0.15, 0.2) is 0 Å². The number of carboxylic acids is 1. The molecule has 0 radical (unpaired) electrons. The zero-order valence-corrected chi connectivity index (χ0v) is 18.3. The molecule has 2 heterocycles. The Balaban J connectivity index is 0.000000203. The highest BCUT2D eigenvalue weighted by atomic mass is 32.1. The Bertz CT molecular complexity index is 1380. The molecular formula is C27H22N2O2S. The Labute approximate surface area is 190 Å². The molecule has 4 aromatic rings. The van der Waals surface area contributed by atoms with Crippen LogP contribution in [0.3, 0.4) is 0 Å². The zero-order chi connectivity index (χ0) is 21.9. The number of aromatic nitrogens is 2. The van der Waals surface area contributed by atoms with E-state index in [9.17, 15) is 4.79 Å². The van der Waals surface area contributed by atoms with E-state index in [-0.39, 0.29) is 5.56 Å².